The minimum atomic E-state index is -1.33. The van der Waals surface area contributed by atoms with E-state index in [2.05, 4.69) is 15.3 Å². The molecule has 1 fully saturated rings. The van der Waals surface area contributed by atoms with Crippen molar-refractivity contribution in [3.63, 3.8) is 0 Å². The highest BCUT2D eigenvalue weighted by atomic mass is 16.5. The van der Waals surface area contributed by atoms with Gasteiger partial charge in [0.05, 0.1) is 18.9 Å². The lowest BCUT2D eigenvalue weighted by atomic mass is 10.0. The first-order valence-electron chi connectivity index (χ1n) is 7.54. The number of ether oxygens (including phenoxy) is 1. The highest BCUT2D eigenvalue weighted by Crippen LogP contribution is 2.43. The number of likely N-dealkylation sites (N-methyl/N-ethyl adjacent to an activating group) is 1. The summed E-state index contributed by atoms with van der Waals surface area (Å²) in [6, 6.07) is 7.53. The number of nitrogens with one attached hydrogen (secondary N) is 1. The first-order valence-corrected chi connectivity index (χ1v) is 7.54. The van der Waals surface area contributed by atoms with Crippen molar-refractivity contribution in [1.29, 1.82) is 0 Å². The molecule has 4 rings (SSSR count). The van der Waals surface area contributed by atoms with Crippen LogP contribution in [0.25, 0.3) is 0 Å². The van der Waals surface area contributed by atoms with E-state index >= 15 is 0 Å². The van der Waals surface area contributed by atoms with Crippen molar-refractivity contribution in [3.8, 4) is 0 Å². The lowest BCUT2D eigenvalue weighted by molar-refractivity contribution is -0.122. The number of nitrogens with two attached hydrogens (primary N) is 1. The summed E-state index contributed by atoms with van der Waals surface area (Å²) in [4.78, 5) is 25.6. The largest absolute Gasteiger partial charge is 0.378 e. The molecule has 3 aliphatic rings. The van der Waals surface area contributed by atoms with Crippen molar-refractivity contribution in [2.75, 3.05) is 38.3 Å². The van der Waals surface area contributed by atoms with Crippen LogP contribution in [0.3, 0.4) is 0 Å². The number of guanidine groups is 2. The Morgan fingerprint density at radius 1 is 1.26 bits per heavy atom. The summed E-state index contributed by atoms with van der Waals surface area (Å²) in [6.07, 6.45) is 0. The van der Waals surface area contributed by atoms with E-state index in [9.17, 15) is 4.79 Å². The zero-order valence-corrected chi connectivity index (χ0v) is 12.8. The topological polar surface area (TPSA) is 95.5 Å². The molecule has 120 valence electrons. The zero-order valence-electron chi connectivity index (χ0n) is 12.8. The average molecular weight is 314 g/mol. The normalized spacial score (nSPS) is 26.7. The highest BCUT2D eigenvalue weighted by molar-refractivity contribution is 6.12. The van der Waals surface area contributed by atoms with Gasteiger partial charge in [-0.3, -0.25) is 10.1 Å². The molecule has 0 aliphatic carbocycles. The van der Waals surface area contributed by atoms with Crippen LogP contribution < -0.4 is 16.0 Å². The zero-order chi connectivity index (χ0) is 16.0. The lowest BCUT2D eigenvalue weighted by Crippen LogP contribution is -2.56. The number of anilines is 1. The van der Waals surface area contributed by atoms with Crippen LogP contribution >= 0.6 is 0 Å². The van der Waals surface area contributed by atoms with Gasteiger partial charge in [0.2, 0.25) is 5.96 Å². The molecule has 23 heavy (non-hydrogen) atoms. The second-order valence-electron chi connectivity index (χ2n) is 5.71. The second-order valence-corrected chi connectivity index (χ2v) is 5.71. The van der Waals surface area contributed by atoms with Gasteiger partial charge in [-0.25, -0.2) is 9.98 Å². The molecule has 1 aromatic carbocycles. The van der Waals surface area contributed by atoms with Crippen LogP contribution in [0.15, 0.2) is 34.3 Å². The Bertz CT molecular complexity index is 724. The summed E-state index contributed by atoms with van der Waals surface area (Å²) in [6.45, 7) is 2.63. The maximum atomic E-state index is 12.9. The molecule has 1 saturated heterocycles. The van der Waals surface area contributed by atoms with Gasteiger partial charge in [0.15, 0.2) is 5.96 Å². The van der Waals surface area contributed by atoms with Gasteiger partial charge in [-0.2, -0.15) is 0 Å². The summed E-state index contributed by atoms with van der Waals surface area (Å²) in [7, 11) is 1.73. The number of amides is 1. The molecule has 0 saturated carbocycles. The molecule has 0 bridgehead atoms. The fraction of sp³-hybridized carbons (Fsp3) is 0.400. The summed E-state index contributed by atoms with van der Waals surface area (Å²) >= 11 is 0. The van der Waals surface area contributed by atoms with Crippen LogP contribution in [0.4, 0.5) is 5.69 Å². The molecule has 3 aliphatic heterocycles. The molecule has 1 aromatic rings. The van der Waals surface area contributed by atoms with Crippen LogP contribution in [0, 0.1) is 0 Å². The smallest absolute Gasteiger partial charge is 0.282 e. The molecule has 1 atom stereocenters. The van der Waals surface area contributed by atoms with E-state index in [1.54, 1.807) is 11.9 Å². The number of carbonyl (C=O) groups excluding carboxylic acids is 1. The Balaban J connectivity index is 1.84. The number of aliphatic imine (C=N–C) groups is 2. The number of carbonyl (C=O) groups is 1. The van der Waals surface area contributed by atoms with Crippen LogP contribution in [0.5, 0.6) is 0 Å². The quantitative estimate of drug-likeness (QED) is 0.668. The fourth-order valence-electron chi connectivity index (χ4n) is 3.18. The number of morpholine rings is 1. The van der Waals surface area contributed by atoms with E-state index in [0.717, 1.165) is 11.3 Å². The van der Waals surface area contributed by atoms with Crippen LogP contribution in [-0.2, 0) is 15.2 Å². The summed E-state index contributed by atoms with van der Waals surface area (Å²) < 4.78 is 5.37. The number of benzene rings is 1. The summed E-state index contributed by atoms with van der Waals surface area (Å²) in [5, 5.41) is 2.98. The number of fused-ring (bicyclic) bond motifs is 2. The summed E-state index contributed by atoms with van der Waals surface area (Å²) in [5.74, 6) is 0.563. The first-order chi connectivity index (χ1) is 11.1. The molecule has 0 aromatic heterocycles. The fourth-order valence-corrected chi connectivity index (χ4v) is 3.18. The van der Waals surface area contributed by atoms with Gasteiger partial charge >= 0.3 is 0 Å². The van der Waals surface area contributed by atoms with E-state index in [1.165, 1.54) is 0 Å². The van der Waals surface area contributed by atoms with Crippen LogP contribution in [-0.4, -0.2) is 56.1 Å². The minimum Gasteiger partial charge on any atom is -0.378 e. The molecule has 8 heteroatoms. The second kappa shape index (κ2) is 4.95. The Morgan fingerprint density at radius 2 is 2.00 bits per heavy atom. The Labute approximate surface area is 133 Å². The molecule has 3 heterocycles. The van der Waals surface area contributed by atoms with Gasteiger partial charge in [-0.1, -0.05) is 18.2 Å². The standard InChI is InChI=1S/C15H18N6O2/c1-20-11-5-3-2-4-10(11)15(12(20)22)18-13(16)17-14(19-15)21-6-8-23-9-7-21/h2-5H,6-9H2,1H3,(H3,16,17,18,19). The SMILES string of the molecule is CN1C(=O)C2(N=C(N)NC(N3CCOCC3)=N2)c2ccccc21. The number of hydrogen-bond donors (Lipinski definition) is 2. The number of hydrogen-bond acceptors (Lipinski definition) is 7. The van der Waals surface area contributed by atoms with Crippen molar-refractivity contribution in [2.45, 2.75) is 5.66 Å². The minimum absolute atomic E-state index is 0.194. The highest BCUT2D eigenvalue weighted by Gasteiger charge is 2.52. The molecule has 8 nitrogen and oxygen atoms in total. The van der Waals surface area contributed by atoms with E-state index < -0.39 is 5.66 Å². The molecule has 3 N–H and O–H groups in total. The lowest BCUT2D eigenvalue weighted by Gasteiger charge is -2.34. The molecular formula is C15H18N6O2. The van der Waals surface area contributed by atoms with Crippen LogP contribution in [0.1, 0.15) is 5.56 Å². The van der Waals surface area contributed by atoms with Gasteiger partial charge in [-0.15, -0.1) is 0 Å². The Kier molecular flexibility index (Phi) is 3.02. The first kappa shape index (κ1) is 14.0. The third-order valence-corrected chi connectivity index (χ3v) is 4.34. The Morgan fingerprint density at radius 3 is 2.78 bits per heavy atom. The maximum absolute atomic E-state index is 12.9. The summed E-state index contributed by atoms with van der Waals surface area (Å²) in [5.41, 5.74) is 6.21. The predicted molar refractivity (Wildman–Crippen MR) is 86.1 cm³/mol. The number of nitrogens with zero attached hydrogens (tertiary/aromatic N) is 4. The average Bonchev–Trinajstić information content (AvgIpc) is 2.78. The third-order valence-electron chi connectivity index (χ3n) is 4.34. The van der Waals surface area contributed by atoms with E-state index in [4.69, 9.17) is 10.5 Å². The van der Waals surface area contributed by atoms with Crippen molar-refractivity contribution in [2.24, 2.45) is 15.7 Å². The van der Waals surface area contributed by atoms with Crippen LogP contribution in [0.2, 0.25) is 0 Å². The molecule has 1 unspecified atom stereocenters. The number of para-hydroxylation sites is 1. The third kappa shape index (κ3) is 1.98. The van der Waals surface area contributed by atoms with E-state index in [-0.39, 0.29) is 11.9 Å². The monoisotopic (exact) mass is 314 g/mol. The van der Waals surface area contributed by atoms with Crippen molar-refractivity contribution < 1.29 is 9.53 Å². The van der Waals surface area contributed by atoms with E-state index in [0.29, 0.717) is 32.3 Å². The van der Waals surface area contributed by atoms with E-state index in [1.807, 2.05) is 29.2 Å². The van der Waals surface area contributed by atoms with Gasteiger partial charge in [0, 0.05) is 25.7 Å². The van der Waals surface area contributed by atoms with Gasteiger partial charge in [-0.05, 0) is 6.07 Å². The molecule has 0 radical (unpaired) electrons. The molecule has 1 amide bonds. The number of rotatable bonds is 0. The maximum Gasteiger partial charge on any atom is 0.282 e. The van der Waals surface area contributed by atoms with Gasteiger partial charge < -0.3 is 20.3 Å². The van der Waals surface area contributed by atoms with Crippen molar-refractivity contribution in [1.82, 2.24) is 10.2 Å². The molecule has 1 spiro atoms. The molecular weight excluding hydrogens is 296 g/mol. The van der Waals surface area contributed by atoms with Crippen molar-refractivity contribution >= 4 is 23.5 Å². The van der Waals surface area contributed by atoms with Gasteiger partial charge in [0.25, 0.3) is 11.6 Å². The Hall–Kier alpha value is -2.61. The predicted octanol–water partition coefficient (Wildman–Crippen LogP) is -0.578. The van der Waals surface area contributed by atoms with Crippen molar-refractivity contribution in [3.05, 3.63) is 29.8 Å². The van der Waals surface area contributed by atoms with Gasteiger partial charge in [0.1, 0.15) is 0 Å².